The van der Waals surface area contributed by atoms with E-state index in [1.54, 1.807) is 0 Å². The number of fused-ring (bicyclic) bond motifs is 1. The Morgan fingerprint density at radius 1 is 1.29 bits per heavy atom. The standard InChI is InChI=1S/C16H17N5O3/c1-9(2)19-13(22)8-18-15(23)16-20-14(21-24-16)11-4-3-10-5-6-17-12(10)7-11/h3-7,9,17H,8H2,1-2H3,(H,18,23)(H,19,22). The van der Waals surface area contributed by atoms with Crippen LogP contribution in [0.4, 0.5) is 0 Å². The molecule has 2 heterocycles. The lowest BCUT2D eigenvalue weighted by molar-refractivity contribution is -0.120. The summed E-state index contributed by atoms with van der Waals surface area (Å²) in [6.45, 7) is 3.53. The SMILES string of the molecule is CC(C)NC(=O)CNC(=O)c1nc(-c2ccc3cc[nH]c3c2)no1. The van der Waals surface area contributed by atoms with Gasteiger partial charge in [-0.15, -0.1) is 0 Å². The second kappa shape index (κ2) is 6.53. The molecule has 0 bridgehead atoms. The zero-order chi connectivity index (χ0) is 17.1. The molecule has 0 saturated heterocycles. The quantitative estimate of drug-likeness (QED) is 0.657. The highest BCUT2D eigenvalue weighted by Crippen LogP contribution is 2.21. The summed E-state index contributed by atoms with van der Waals surface area (Å²) >= 11 is 0. The summed E-state index contributed by atoms with van der Waals surface area (Å²) in [5.74, 6) is -0.749. The van der Waals surface area contributed by atoms with Crippen molar-refractivity contribution in [2.24, 2.45) is 0 Å². The number of aromatic amines is 1. The van der Waals surface area contributed by atoms with Gasteiger partial charge in [0.05, 0.1) is 6.54 Å². The van der Waals surface area contributed by atoms with Gasteiger partial charge in [-0.25, -0.2) is 0 Å². The van der Waals surface area contributed by atoms with Crippen LogP contribution in [0.15, 0.2) is 35.0 Å². The Bertz CT molecular complexity index is 881. The molecule has 0 spiro atoms. The molecule has 0 unspecified atom stereocenters. The first kappa shape index (κ1) is 15.7. The number of H-pyrrole nitrogens is 1. The minimum atomic E-state index is -0.589. The van der Waals surface area contributed by atoms with E-state index in [9.17, 15) is 9.59 Å². The summed E-state index contributed by atoms with van der Waals surface area (Å²) in [6, 6.07) is 7.60. The second-order valence-corrected chi connectivity index (χ2v) is 5.61. The number of amides is 2. The number of hydrogen-bond acceptors (Lipinski definition) is 5. The van der Waals surface area contributed by atoms with Crippen LogP contribution >= 0.6 is 0 Å². The van der Waals surface area contributed by atoms with Crippen molar-refractivity contribution < 1.29 is 14.1 Å². The van der Waals surface area contributed by atoms with Crippen molar-refractivity contribution in [3.8, 4) is 11.4 Å². The monoisotopic (exact) mass is 327 g/mol. The molecule has 24 heavy (non-hydrogen) atoms. The van der Waals surface area contributed by atoms with Crippen LogP contribution in [-0.4, -0.2) is 39.5 Å². The Balaban J connectivity index is 1.68. The molecule has 0 aliphatic rings. The lowest BCUT2D eigenvalue weighted by Crippen LogP contribution is -2.39. The third-order valence-corrected chi connectivity index (χ3v) is 3.29. The van der Waals surface area contributed by atoms with Crippen LogP contribution in [0, 0.1) is 0 Å². The topological polar surface area (TPSA) is 113 Å². The molecule has 2 aromatic heterocycles. The number of carbonyl (C=O) groups excluding carboxylic acids is 2. The summed E-state index contributed by atoms with van der Waals surface area (Å²) < 4.78 is 4.97. The molecule has 3 rings (SSSR count). The highest BCUT2D eigenvalue weighted by molar-refractivity contribution is 5.93. The Hall–Kier alpha value is -3.16. The van der Waals surface area contributed by atoms with Gasteiger partial charge in [0, 0.05) is 23.3 Å². The molecule has 0 fully saturated rings. The van der Waals surface area contributed by atoms with E-state index in [0.717, 1.165) is 16.5 Å². The molecule has 0 atom stereocenters. The molecule has 2 amide bonds. The van der Waals surface area contributed by atoms with Crippen LogP contribution in [0.3, 0.4) is 0 Å². The fourth-order valence-corrected chi connectivity index (χ4v) is 2.23. The molecule has 0 saturated carbocycles. The zero-order valence-electron chi connectivity index (χ0n) is 13.3. The minimum absolute atomic E-state index is 0.00678. The van der Waals surface area contributed by atoms with Crippen molar-refractivity contribution in [2.45, 2.75) is 19.9 Å². The van der Waals surface area contributed by atoms with Gasteiger partial charge in [0.25, 0.3) is 0 Å². The number of nitrogens with zero attached hydrogens (tertiary/aromatic N) is 2. The highest BCUT2D eigenvalue weighted by Gasteiger charge is 2.17. The van der Waals surface area contributed by atoms with Crippen LogP contribution in [0.25, 0.3) is 22.3 Å². The second-order valence-electron chi connectivity index (χ2n) is 5.61. The summed E-state index contributed by atoms with van der Waals surface area (Å²) in [5.41, 5.74) is 1.67. The van der Waals surface area contributed by atoms with Crippen molar-refractivity contribution in [2.75, 3.05) is 6.54 Å². The Morgan fingerprint density at radius 3 is 2.92 bits per heavy atom. The van der Waals surface area contributed by atoms with Gasteiger partial charge in [-0.2, -0.15) is 4.98 Å². The van der Waals surface area contributed by atoms with Crippen LogP contribution in [0.5, 0.6) is 0 Å². The first-order valence-electron chi connectivity index (χ1n) is 7.51. The Morgan fingerprint density at radius 2 is 2.12 bits per heavy atom. The summed E-state index contributed by atoms with van der Waals surface area (Å²) in [4.78, 5) is 30.6. The number of nitrogens with one attached hydrogen (secondary N) is 3. The first-order chi connectivity index (χ1) is 11.5. The van der Waals surface area contributed by atoms with Gasteiger partial charge in [0.2, 0.25) is 11.7 Å². The molecular formula is C16H17N5O3. The molecule has 0 aliphatic carbocycles. The number of benzene rings is 1. The lowest BCUT2D eigenvalue weighted by Gasteiger charge is -2.07. The average Bonchev–Trinajstić information content (AvgIpc) is 3.20. The van der Waals surface area contributed by atoms with Crippen molar-refractivity contribution in [3.63, 3.8) is 0 Å². The smallest absolute Gasteiger partial charge is 0.316 e. The number of hydrogen-bond donors (Lipinski definition) is 3. The third kappa shape index (κ3) is 3.43. The van der Waals surface area contributed by atoms with E-state index in [2.05, 4.69) is 25.8 Å². The normalized spacial score (nSPS) is 11.0. The number of carbonyl (C=O) groups is 2. The predicted molar refractivity (Wildman–Crippen MR) is 87.2 cm³/mol. The van der Waals surface area contributed by atoms with Crippen molar-refractivity contribution in [3.05, 3.63) is 36.4 Å². The predicted octanol–water partition coefficient (Wildman–Crippen LogP) is 1.47. The molecule has 0 radical (unpaired) electrons. The molecule has 8 nitrogen and oxygen atoms in total. The lowest BCUT2D eigenvalue weighted by atomic mass is 10.1. The first-order valence-corrected chi connectivity index (χ1v) is 7.51. The largest absolute Gasteiger partial charge is 0.361 e. The van der Waals surface area contributed by atoms with E-state index in [1.165, 1.54) is 0 Å². The summed E-state index contributed by atoms with van der Waals surface area (Å²) in [7, 11) is 0. The maximum absolute atomic E-state index is 12.0. The van der Waals surface area contributed by atoms with Crippen molar-refractivity contribution in [1.29, 1.82) is 0 Å². The van der Waals surface area contributed by atoms with Crippen molar-refractivity contribution >= 4 is 22.7 Å². The van der Waals surface area contributed by atoms with Crippen molar-refractivity contribution in [1.82, 2.24) is 25.8 Å². The fourth-order valence-electron chi connectivity index (χ4n) is 2.23. The van der Waals surface area contributed by atoms with E-state index < -0.39 is 5.91 Å². The van der Waals surface area contributed by atoms with Gasteiger partial charge < -0.3 is 20.1 Å². The number of rotatable bonds is 5. The Labute approximate surface area is 137 Å². The molecule has 0 aliphatic heterocycles. The van der Waals surface area contributed by atoms with E-state index >= 15 is 0 Å². The van der Waals surface area contributed by atoms with Gasteiger partial charge in [-0.1, -0.05) is 17.3 Å². The molecule has 3 aromatic rings. The molecule has 3 N–H and O–H groups in total. The van der Waals surface area contributed by atoms with E-state index in [0.29, 0.717) is 5.82 Å². The number of aromatic nitrogens is 3. The highest BCUT2D eigenvalue weighted by atomic mass is 16.5. The van der Waals surface area contributed by atoms with Gasteiger partial charge in [-0.05, 0) is 31.4 Å². The van der Waals surface area contributed by atoms with Gasteiger partial charge in [0.1, 0.15) is 0 Å². The van der Waals surface area contributed by atoms with Gasteiger partial charge in [-0.3, -0.25) is 9.59 Å². The molecule has 8 heteroatoms. The van der Waals surface area contributed by atoms with Crippen LogP contribution in [-0.2, 0) is 4.79 Å². The van der Waals surface area contributed by atoms with Gasteiger partial charge >= 0.3 is 11.8 Å². The average molecular weight is 327 g/mol. The third-order valence-electron chi connectivity index (χ3n) is 3.29. The maximum atomic E-state index is 12.0. The zero-order valence-corrected chi connectivity index (χ0v) is 13.3. The van der Waals surface area contributed by atoms with E-state index in [4.69, 9.17) is 4.52 Å². The summed E-state index contributed by atoms with van der Waals surface area (Å²) in [6.07, 6.45) is 1.84. The fraction of sp³-hybridized carbons (Fsp3) is 0.250. The van der Waals surface area contributed by atoms with Crippen LogP contribution in [0.1, 0.15) is 24.5 Å². The maximum Gasteiger partial charge on any atom is 0.316 e. The Kier molecular flexibility index (Phi) is 4.28. The van der Waals surface area contributed by atoms with Gasteiger partial charge in [0.15, 0.2) is 0 Å². The molecule has 124 valence electrons. The summed E-state index contributed by atoms with van der Waals surface area (Å²) in [5, 5.41) is 9.99. The van der Waals surface area contributed by atoms with E-state index in [-0.39, 0.29) is 24.4 Å². The minimum Gasteiger partial charge on any atom is -0.361 e. The van der Waals surface area contributed by atoms with Crippen LogP contribution < -0.4 is 10.6 Å². The molecular weight excluding hydrogens is 310 g/mol. The molecule has 1 aromatic carbocycles. The van der Waals surface area contributed by atoms with Crippen LogP contribution in [0.2, 0.25) is 0 Å². The van der Waals surface area contributed by atoms with E-state index in [1.807, 2.05) is 44.3 Å².